The third-order valence-electron chi connectivity index (χ3n) is 3.64. The van der Waals surface area contributed by atoms with Gasteiger partial charge in [-0.3, -0.25) is 4.79 Å². The Kier molecular flexibility index (Phi) is 2.62. The fourth-order valence-electron chi connectivity index (χ4n) is 2.43. The van der Waals surface area contributed by atoms with Gasteiger partial charge in [0.1, 0.15) is 0 Å². The highest BCUT2D eigenvalue weighted by molar-refractivity contribution is 5.70. The summed E-state index contributed by atoms with van der Waals surface area (Å²) in [5.74, 6) is -0.740. The first-order valence-corrected chi connectivity index (χ1v) is 6.31. The minimum absolute atomic E-state index is 0.177. The molecule has 0 aliphatic heterocycles. The predicted octanol–water partition coefficient (Wildman–Crippen LogP) is 2.08. The molecular weight excluding hydrogens is 242 g/mol. The SMILES string of the molecule is Cc1cnn(-c2cccc(C3(CC(=O)O)CC3)c2)n1. The summed E-state index contributed by atoms with van der Waals surface area (Å²) >= 11 is 0. The molecule has 0 bridgehead atoms. The van der Waals surface area contributed by atoms with Crippen molar-refractivity contribution in [2.45, 2.75) is 31.6 Å². The highest BCUT2D eigenvalue weighted by Crippen LogP contribution is 2.51. The number of aliphatic carboxylic acids is 1. The van der Waals surface area contributed by atoms with Crippen molar-refractivity contribution in [3.63, 3.8) is 0 Å². The van der Waals surface area contributed by atoms with Gasteiger partial charge in [-0.15, -0.1) is 0 Å². The van der Waals surface area contributed by atoms with Crippen molar-refractivity contribution in [2.24, 2.45) is 0 Å². The van der Waals surface area contributed by atoms with Crippen molar-refractivity contribution in [1.82, 2.24) is 15.0 Å². The van der Waals surface area contributed by atoms with Crippen LogP contribution in [0.3, 0.4) is 0 Å². The van der Waals surface area contributed by atoms with Crippen molar-refractivity contribution in [3.05, 3.63) is 41.7 Å². The summed E-state index contributed by atoms with van der Waals surface area (Å²) in [6, 6.07) is 7.86. The van der Waals surface area contributed by atoms with Gasteiger partial charge in [-0.05, 0) is 37.5 Å². The summed E-state index contributed by atoms with van der Waals surface area (Å²) in [6.45, 7) is 1.89. The van der Waals surface area contributed by atoms with E-state index >= 15 is 0 Å². The Hall–Kier alpha value is -2.17. The van der Waals surface area contributed by atoms with Crippen molar-refractivity contribution in [3.8, 4) is 5.69 Å². The number of carbonyl (C=O) groups is 1. The zero-order chi connectivity index (χ0) is 13.5. The Labute approximate surface area is 110 Å². The molecule has 0 amide bonds. The number of carboxylic acid groups (broad SMARTS) is 1. The molecule has 1 aliphatic rings. The van der Waals surface area contributed by atoms with Gasteiger partial charge in [-0.25, -0.2) is 0 Å². The smallest absolute Gasteiger partial charge is 0.304 e. The zero-order valence-electron chi connectivity index (χ0n) is 10.7. The molecule has 1 heterocycles. The van der Waals surface area contributed by atoms with Crippen LogP contribution in [-0.4, -0.2) is 26.1 Å². The largest absolute Gasteiger partial charge is 0.481 e. The van der Waals surface area contributed by atoms with Gasteiger partial charge in [-0.1, -0.05) is 12.1 Å². The molecule has 1 aromatic carbocycles. The van der Waals surface area contributed by atoms with E-state index in [4.69, 9.17) is 5.11 Å². The zero-order valence-corrected chi connectivity index (χ0v) is 10.7. The number of hydrogen-bond donors (Lipinski definition) is 1. The van der Waals surface area contributed by atoms with Gasteiger partial charge in [0.25, 0.3) is 0 Å². The second kappa shape index (κ2) is 4.19. The number of aromatic nitrogens is 3. The van der Waals surface area contributed by atoms with Crippen molar-refractivity contribution in [1.29, 1.82) is 0 Å². The number of rotatable bonds is 4. The quantitative estimate of drug-likeness (QED) is 0.910. The van der Waals surface area contributed by atoms with Gasteiger partial charge < -0.3 is 5.11 Å². The van der Waals surface area contributed by atoms with Crippen LogP contribution in [0.2, 0.25) is 0 Å². The molecule has 2 aromatic rings. The van der Waals surface area contributed by atoms with Crippen LogP contribution in [-0.2, 0) is 10.2 Å². The summed E-state index contributed by atoms with van der Waals surface area (Å²) in [5, 5.41) is 17.5. The lowest BCUT2D eigenvalue weighted by Crippen LogP contribution is -2.13. The maximum Gasteiger partial charge on any atom is 0.304 e. The Balaban J connectivity index is 1.94. The lowest BCUT2D eigenvalue weighted by atomic mass is 9.92. The van der Waals surface area contributed by atoms with E-state index in [0.29, 0.717) is 0 Å². The highest BCUT2D eigenvalue weighted by atomic mass is 16.4. The fourth-order valence-corrected chi connectivity index (χ4v) is 2.43. The minimum Gasteiger partial charge on any atom is -0.481 e. The van der Waals surface area contributed by atoms with Crippen molar-refractivity contribution in [2.75, 3.05) is 0 Å². The molecule has 1 N–H and O–H groups in total. The first kappa shape index (κ1) is 11.9. The molecule has 0 radical (unpaired) electrons. The maximum atomic E-state index is 11.0. The molecule has 5 nitrogen and oxygen atoms in total. The van der Waals surface area contributed by atoms with Crippen molar-refractivity contribution < 1.29 is 9.90 Å². The van der Waals surface area contributed by atoms with E-state index in [1.807, 2.05) is 31.2 Å². The molecule has 1 fully saturated rings. The fraction of sp³-hybridized carbons (Fsp3) is 0.357. The minimum atomic E-state index is -0.740. The van der Waals surface area contributed by atoms with Gasteiger partial charge in [0, 0.05) is 5.41 Å². The van der Waals surface area contributed by atoms with Crippen LogP contribution in [0.4, 0.5) is 0 Å². The summed E-state index contributed by atoms with van der Waals surface area (Å²) in [4.78, 5) is 12.5. The molecule has 0 unspecified atom stereocenters. The molecule has 1 aliphatic carbocycles. The van der Waals surface area contributed by atoms with Crippen LogP contribution in [0.5, 0.6) is 0 Å². The van der Waals surface area contributed by atoms with Crippen molar-refractivity contribution >= 4 is 5.97 Å². The molecular formula is C14H15N3O2. The number of hydrogen-bond acceptors (Lipinski definition) is 3. The van der Waals surface area contributed by atoms with Gasteiger partial charge in [0.15, 0.2) is 0 Å². The van der Waals surface area contributed by atoms with E-state index in [1.54, 1.807) is 11.0 Å². The lowest BCUT2D eigenvalue weighted by molar-refractivity contribution is -0.137. The number of nitrogens with zero attached hydrogens (tertiary/aromatic N) is 3. The van der Waals surface area contributed by atoms with Gasteiger partial charge in [0.05, 0.1) is 24.0 Å². The molecule has 19 heavy (non-hydrogen) atoms. The first-order chi connectivity index (χ1) is 9.09. The Morgan fingerprint density at radius 2 is 2.26 bits per heavy atom. The topological polar surface area (TPSA) is 68.0 Å². The summed E-state index contributed by atoms with van der Waals surface area (Å²) in [6.07, 6.45) is 3.78. The number of benzene rings is 1. The highest BCUT2D eigenvalue weighted by Gasteiger charge is 2.46. The lowest BCUT2D eigenvalue weighted by Gasteiger charge is -2.13. The summed E-state index contributed by atoms with van der Waals surface area (Å²) < 4.78 is 0. The van der Waals surface area contributed by atoms with Gasteiger partial charge >= 0.3 is 5.97 Å². The van der Waals surface area contributed by atoms with Gasteiger partial charge in [-0.2, -0.15) is 15.0 Å². The predicted molar refractivity (Wildman–Crippen MR) is 69.3 cm³/mol. The van der Waals surface area contributed by atoms with E-state index in [1.165, 1.54) is 0 Å². The van der Waals surface area contributed by atoms with E-state index in [-0.39, 0.29) is 11.8 Å². The second-order valence-electron chi connectivity index (χ2n) is 5.18. The van der Waals surface area contributed by atoms with Gasteiger partial charge in [0.2, 0.25) is 0 Å². The standard InChI is InChI=1S/C14H15N3O2/c1-10-9-15-17(16-10)12-4-2-3-11(7-12)14(5-6-14)8-13(18)19/h2-4,7,9H,5-6,8H2,1H3,(H,18,19). The third-order valence-corrected chi connectivity index (χ3v) is 3.64. The average Bonchev–Trinajstić information content (AvgIpc) is 3.02. The third kappa shape index (κ3) is 2.23. The van der Waals surface area contributed by atoms with E-state index in [9.17, 15) is 4.79 Å². The molecule has 0 atom stereocenters. The second-order valence-corrected chi connectivity index (χ2v) is 5.18. The summed E-state index contributed by atoms with van der Waals surface area (Å²) in [7, 11) is 0. The molecule has 3 rings (SSSR count). The van der Waals surface area contributed by atoms with Crippen LogP contribution >= 0.6 is 0 Å². The van der Waals surface area contributed by atoms with E-state index in [2.05, 4.69) is 10.2 Å². The van der Waals surface area contributed by atoms with E-state index < -0.39 is 5.97 Å². The molecule has 0 spiro atoms. The van der Waals surface area contributed by atoms with Crippen LogP contribution in [0.1, 0.15) is 30.5 Å². The van der Waals surface area contributed by atoms with Crippen LogP contribution < -0.4 is 0 Å². The first-order valence-electron chi connectivity index (χ1n) is 6.31. The monoisotopic (exact) mass is 257 g/mol. The molecule has 98 valence electrons. The Bertz CT molecular complexity index is 629. The Morgan fingerprint density at radius 3 is 2.84 bits per heavy atom. The summed E-state index contributed by atoms with van der Waals surface area (Å²) in [5.41, 5.74) is 2.63. The number of carboxylic acids is 1. The van der Waals surface area contributed by atoms with Crippen LogP contribution in [0.25, 0.3) is 5.69 Å². The molecule has 5 heteroatoms. The average molecular weight is 257 g/mol. The number of aryl methyl sites for hydroxylation is 1. The molecule has 1 saturated carbocycles. The molecule has 0 saturated heterocycles. The van der Waals surface area contributed by atoms with Crippen LogP contribution in [0.15, 0.2) is 30.5 Å². The van der Waals surface area contributed by atoms with Crippen LogP contribution in [0, 0.1) is 6.92 Å². The Morgan fingerprint density at radius 1 is 1.47 bits per heavy atom. The normalized spacial score (nSPS) is 16.3. The maximum absolute atomic E-state index is 11.0. The molecule has 1 aromatic heterocycles. The van der Waals surface area contributed by atoms with E-state index in [0.717, 1.165) is 29.8 Å².